The summed E-state index contributed by atoms with van der Waals surface area (Å²) in [6, 6.07) is -0.334. The first-order chi connectivity index (χ1) is 7.51. The van der Waals surface area contributed by atoms with Gasteiger partial charge in [-0.25, -0.2) is 0 Å². The normalized spacial score (nSPS) is 44.5. The molecule has 92 valence electrons. The summed E-state index contributed by atoms with van der Waals surface area (Å²) in [7, 11) is 0. The molecule has 0 radical (unpaired) electrons. The van der Waals surface area contributed by atoms with Crippen LogP contribution in [0.5, 0.6) is 0 Å². The van der Waals surface area contributed by atoms with Gasteiger partial charge in [0.2, 0.25) is 0 Å². The van der Waals surface area contributed by atoms with E-state index in [2.05, 4.69) is 19.2 Å². The fraction of sp³-hybridized carbons (Fsp3) is 0.917. The molecule has 0 amide bonds. The molecule has 4 heteroatoms. The van der Waals surface area contributed by atoms with Crippen LogP contribution in [0.15, 0.2) is 0 Å². The van der Waals surface area contributed by atoms with Crippen LogP contribution in [0, 0.1) is 11.8 Å². The molecule has 2 rings (SSSR count). The van der Waals surface area contributed by atoms with Gasteiger partial charge in [-0.3, -0.25) is 10.1 Å². The van der Waals surface area contributed by atoms with Crippen LogP contribution < -0.4 is 5.32 Å². The molecule has 1 aliphatic carbocycles. The zero-order valence-corrected chi connectivity index (χ0v) is 10.8. The monoisotopic (exact) mass is 243 g/mol. The lowest BCUT2D eigenvalue weighted by Crippen LogP contribution is -2.57. The fourth-order valence-corrected chi connectivity index (χ4v) is 5.06. The SMILES string of the molecule is CC1CC(C)CC2(C1)NC(C(=O)O)CCS2. The number of hydrogen-bond donors (Lipinski definition) is 2. The molecule has 0 aromatic carbocycles. The number of hydrogen-bond acceptors (Lipinski definition) is 3. The van der Waals surface area contributed by atoms with E-state index in [0.29, 0.717) is 11.8 Å². The summed E-state index contributed by atoms with van der Waals surface area (Å²) in [5, 5.41) is 12.5. The molecule has 3 nitrogen and oxygen atoms in total. The number of aliphatic carboxylic acids is 1. The van der Waals surface area contributed by atoms with Gasteiger partial charge in [0.15, 0.2) is 0 Å². The zero-order valence-electron chi connectivity index (χ0n) is 10.0. The van der Waals surface area contributed by atoms with E-state index >= 15 is 0 Å². The zero-order chi connectivity index (χ0) is 11.8. The van der Waals surface area contributed by atoms with Gasteiger partial charge in [0.1, 0.15) is 6.04 Å². The molecular weight excluding hydrogens is 222 g/mol. The summed E-state index contributed by atoms with van der Waals surface area (Å²) in [5.41, 5.74) is 0. The Labute approximate surface area is 101 Å². The molecule has 3 unspecified atom stereocenters. The predicted molar refractivity (Wildman–Crippen MR) is 66.5 cm³/mol. The van der Waals surface area contributed by atoms with Crippen molar-refractivity contribution < 1.29 is 9.90 Å². The Bertz CT molecular complexity index is 272. The summed E-state index contributed by atoms with van der Waals surface area (Å²) in [4.78, 5) is 11.1. The summed E-state index contributed by atoms with van der Waals surface area (Å²) < 4.78 is 0. The molecule has 0 aromatic rings. The molecule has 1 spiro atoms. The summed E-state index contributed by atoms with van der Waals surface area (Å²) in [6.45, 7) is 4.56. The molecule has 1 heterocycles. The Hall–Kier alpha value is -0.220. The van der Waals surface area contributed by atoms with Crippen molar-refractivity contribution in [1.29, 1.82) is 0 Å². The highest BCUT2D eigenvalue weighted by Gasteiger charge is 2.43. The van der Waals surface area contributed by atoms with E-state index in [1.807, 2.05) is 11.8 Å². The van der Waals surface area contributed by atoms with Gasteiger partial charge in [-0.15, -0.1) is 11.8 Å². The largest absolute Gasteiger partial charge is 0.480 e. The molecule has 1 saturated heterocycles. The van der Waals surface area contributed by atoms with Gasteiger partial charge in [0.25, 0.3) is 0 Å². The highest BCUT2D eigenvalue weighted by Crippen LogP contribution is 2.45. The molecule has 3 atom stereocenters. The molecule has 2 fully saturated rings. The van der Waals surface area contributed by atoms with Crippen LogP contribution in [0.4, 0.5) is 0 Å². The molecule has 1 saturated carbocycles. The van der Waals surface area contributed by atoms with E-state index in [0.717, 1.165) is 25.0 Å². The third-order valence-corrected chi connectivity index (χ3v) is 5.12. The first-order valence-electron chi connectivity index (χ1n) is 6.15. The predicted octanol–water partition coefficient (Wildman–Crippen LogP) is 2.32. The molecule has 16 heavy (non-hydrogen) atoms. The Morgan fingerprint density at radius 3 is 2.56 bits per heavy atom. The first kappa shape index (κ1) is 12.2. The number of carboxylic acids is 1. The van der Waals surface area contributed by atoms with Crippen molar-refractivity contribution >= 4 is 17.7 Å². The Balaban J connectivity index is 2.08. The lowest BCUT2D eigenvalue weighted by molar-refractivity contribution is -0.140. The van der Waals surface area contributed by atoms with Crippen molar-refractivity contribution in [2.24, 2.45) is 11.8 Å². The lowest BCUT2D eigenvalue weighted by Gasteiger charge is -2.47. The number of thioether (sulfide) groups is 1. The standard InChI is InChI=1S/C12H21NO2S/c1-8-5-9(2)7-12(6-8)13-10(11(14)15)3-4-16-12/h8-10,13H,3-7H2,1-2H3,(H,14,15). The third-order valence-electron chi connectivity index (χ3n) is 3.68. The van der Waals surface area contributed by atoms with E-state index in [1.54, 1.807) is 0 Å². The fourth-order valence-electron chi connectivity index (χ4n) is 3.29. The number of rotatable bonds is 1. The van der Waals surface area contributed by atoms with Crippen LogP contribution in [-0.4, -0.2) is 27.7 Å². The van der Waals surface area contributed by atoms with Crippen LogP contribution in [0.3, 0.4) is 0 Å². The highest BCUT2D eigenvalue weighted by atomic mass is 32.2. The maximum atomic E-state index is 11.1. The Morgan fingerprint density at radius 2 is 2.00 bits per heavy atom. The van der Waals surface area contributed by atoms with Gasteiger partial charge in [0.05, 0.1) is 4.87 Å². The van der Waals surface area contributed by atoms with Crippen molar-refractivity contribution in [3.05, 3.63) is 0 Å². The van der Waals surface area contributed by atoms with Crippen molar-refractivity contribution in [1.82, 2.24) is 5.32 Å². The van der Waals surface area contributed by atoms with Crippen molar-refractivity contribution in [3.8, 4) is 0 Å². The summed E-state index contributed by atoms with van der Waals surface area (Å²) in [5.74, 6) is 1.70. The first-order valence-corrected chi connectivity index (χ1v) is 7.14. The van der Waals surface area contributed by atoms with E-state index in [4.69, 9.17) is 5.11 Å². The van der Waals surface area contributed by atoms with Gasteiger partial charge >= 0.3 is 5.97 Å². The molecule has 1 aliphatic heterocycles. The summed E-state index contributed by atoms with van der Waals surface area (Å²) >= 11 is 1.94. The topological polar surface area (TPSA) is 49.3 Å². The molecule has 0 aromatic heterocycles. The molecular formula is C12H21NO2S. The van der Waals surface area contributed by atoms with E-state index in [9.17, 15) is 4.79 Å². The molecule has 0 bridgehead atoms. The highest BCUT2D eigenvalue weighted by molar-refractivity contribution is 8.00. The number of carbonyl (C=O) groups is 1. The van der Waals surface area contributed by atoms with Crippen molar-refractivity contribution in [2.45, 2.75) is 50.4 Å². The van der Waals surface area contributed by atoms with Gasteiger partial charge in [-0.2, -0.15) is 0 Å². The van der Waals surface area contributed by atoms with Crippen LogP contribution in [0.25, 0.3) is 0 Å². The van der Waals surface area contributed by atoms with E-state index in [1.165, 1.54) is 6.42 Å². The van der Waals surface area contributed by atoms with Gasteiger partial charge < -0.3 is 5.11 Å². The van der Waals surface area contributed by atoms with Crippen LogP contribution in [-0.2, 0) is 4.79 Å². The lowest BCUT2D eigenvalue weighted by atomic mass is 9.79. The quantitative estimate of drug-likeness (QED) is 0.742. The third kappa shape index (κ3) is 2.54. The van der Waals surface area contributed by atoms with Crippen LogP contribution in [0.1, 0.15) is 39.5 Å². The smallest absolute Gasteiger partial charge is 0.320 e. The van der Waals surface area contributed by atoms with Crippen LogP contribution in [0.2, 0.25) is 0 Å². The van der Waals surface area contributed by atoms with Crippen molar-refractivity contribution in [3.63, 3.8) is 0 Å². The van der Waals surface area contributed by atoms with Gasteiger partial charge in [-0.1, -0.05) is 13.8 Å². The van der Waals surface area contributed by atoms with Gasteiger partial charge in [0, 0.05) is 0 Å². The number of carboxylic acid groups (broad SMARTS) is 1. The second kappa shape index (κ2) is 4.57. The van der Waals surface area contributed by atoms with E-state index in [-0.39, 0.29) is 10.9 Å². The second-order valence-electron chi connectivity index (χ2n) is 5.52. The minimum absolute atomic E-state index is 0.0401. The average molecular weight is 243 g/mol. The van der Waals surface area contributed by atoms with Gasteiger partial charge in [-0.05, 0) is 43.3 Å². The average Bonchev–Trinajstić information content (AvgIpc) is 2.15. The van der Waals surface area contributed by atoms with Crippen molar-refractivity contribution in [2.75, 3.05) is 5.75 Å². The Kier molecular flexibility index (Phi) is 3.50. The maximum absolute atomic E-state index is 11.1. The minimum atomic E-state index is -0.689. The maximum Gasteiger partial charge on any atom is 0.320 e. The molecule has 2 aliphatic rings. The summed E-state index contributed by atoms with van der Waals surface area (Å²) in [6.07, 6.45) is 4.27. The minimum Gasteiger partial charge on any atom is -0.480 e. The second-order valence-corrected chi connectivity index (χ2v) is 7.00. The Morgan fingerprint density at radius 1 is 1.38 bits per heavy atom. The number of nitrogens with one attached hydrogen (secondary N) is 1. The van der Waals surface area contributed by atoms with Crippen LogP contribution >= 0.6 is 11.8 Å². The molecule has 2 N–H and O–H groups in total. The van der Waals surface area contributed by atoms with E-state index < -0.39 is 5.97 Å².